The maximum absolute atomic E-state index is 14.2. The molecular weight excluding hydrogens is 289 g/mol. The standard InChI is InChI=1S/C17H17ClFNO/c1-11(13-6-4-7-14(18)10-13)20(3)17-15(12(2)21)8-5-9-16(17)19/h4-11H,1-3H3. The molecule has 0 fully saturated rings. The Labute approximate surface area is 129 Å². The van der Waals surface area contributed by atoms with Crippen molar-refractivity contribution in [1.82, 2.24) is 0 Å². The molecule has 0 aliphatic carbocycles. The van der Waals surface area contributed by atoms with E-state index in [0.29, 0.717) is 16.3 Å². The average Bonchev–Trinajstić information content (AvgIpc) is 2.45. The van der Waals surface area contributed by atoms with Crippen molar-refractivity contribution in [2.45, 2.75) is 19.9 Å². The average molecular weight is 306 g/mol. The molecule has 0 heterocycles. The van der Waals surface area contributed by atoms with E-state index in [0.717, 1.165) is 5.56 Å². The first-order valence-electron chi connectivity index (χ1n) is 6.69. The second-order valence-electron chi connectivity index (χ2n) is 5.03. The molecule has 0 saturated heterocycles. The van der Waals surface area contributed by atoms with Crippen molar-refractivity contribution in [3.63, 3.8) is 0 Å². The van der Waals surface area contributed by atoms with Gasteiger partial charge in [0.1, 0.15) is 5.82 Å². The minimum Gasteiger partial charge on any atom is -0.365 e. The second-order valence-corrected chi connectivity index (χ2v) is 5.47. The van der Waals surface area contributed by atoms with E-state index in [1.807, 2.05) is 25.1 Å². The Bertz CT molecular complexity index is 672. The van der Waals surface area contributed by atoms with E-state index >= 15 is 0 Å². The van der Waals surface area contributed by atoms with Crippen molar-refractivity contribution >= 4 is 23.1 Å². The number of benzene rings is 2. The van der Waals surface area contributed by atoms with Crippen LogP contribution in [0.3, 0.4) is 0 Å². The van der Waals surface area contributed by atoms with Crippen LogP contribution in [0.25, 0.3) is 0 Å². The number of carbonyl (C=O) groups excluding carboxylic acids is 1. The van der Waals surface area contributed by atoms with Crippen molar-refractivity contribution in [3.05, 3.63) is 64.4 Å². The maximum Gasteiger partial charge on any atom is 0.161 e. The first-order valence-corrected chi connectivity index (χ1v) is 7.07. The Morgan fingerprint density at radius 1 is 1.24 bits per heavy atom. The van der Waals surface area contributed by atoms with Crippen LogP contribution in [0.1, 0.15) is 35.8 Å². The van der Waals surface area contributed by atoms with Gasteiger partial charge in [0.25, 0.3) is 0 Å². The number of para-hydroxylation sites is 1. The Balaban J connectivity index is 2.44. The highest BCUT2D eigenvalue weighted by Crippen LogP contribution is 2.31. The van der Waals surface area contributed by atoms with E-state index in [4.69, 9.17) is 11.6 Å². The zero-order valence-corrected chi connectivity index (χ0v) is 13.0. The zero-order chi connectivity index (χ0) is 15.6. The predicted octanol–water partition coefficient (Wildman–Crippen LogP) is 4.88. The van der Waals surface area contributed by atoms with Crippen LogP contribution >= 0.6 is 11.6 Å². The van der Waals surface area contributed by atoms with Crippen LogP contribution in [0.4, 0.5) is 10.1 Å². The fourth-order valence-electron chi connectivity index (χ4n) is 2.34. The van der Waals surface area contributed by atoms with Gasteiger partial charge in [0.05, 0.1) is 11.7 Å². The number of hydrogen-bond acceptors (Lipinski definition) is 2. The topological polar surface area (TPSA) is 20.3 Å². The monoisotopic (exact) mass is 305 g/mol. The molecule has 0 bridgehead atoms. The van der Waals surface area contributed by atoms with Gasteiger partial charge in [-0.2, -0.15) is 0 Å². The van der Waals surface area contributed by atoms with Crippen LogP contribution in [0.15, 0.2) is 42.5 Å². The highest BCUT2D eigenvalue weighted by molar-refractivity contribution is 6.30. The Hall–Kier alpha value is -1.87. The Morgan fingerprint density at radius 2 is 1.90 bits per heavy atom. The molecule has 0 aliphatic heterocycles. The number of carbonyl (C=O) groups is 1. The SMILES string of the molecule is CC(=O)c1cccc(F)c1N(C)C(C)c1cccc(Cl)c1. The summed E-state index contributed by atoms with van der Waals surface area (Å²) in [5.74, 6) is -0.561. The van der Waals surface area contributed by atoms with Gasteiger partial charge in [-0.05, 0) is 43.7 Å². The largest absolute Gasteiger partial charge is 0.365 e. The van der Waals surface area contributed by atoms with Gasteiger partial charge in [-0.1, -0.05) is 29.8 Å². The number of rotatable bonds is 4. The summed E-state index contributed by atoms with van der Waals surface area (Å²) in [4.78, 5) is 13.5. The van der Waals surface area contributed by atoms with Gasteiger partial charge in [0.15, 0.2) is 5.78 Å². The number of halogens is 2. The van der Waals surface area contributed by atoms with Crippen LogP contribution in [0.5, 0.6) is 0 Å². The molecule has 21 heavy (non-hydrogen) atoms. The number of Topliss-reactive ketones (excluding diaryl/α,β-unsaturated/α-hetero) is 1. The van der Waals surface area contributed by atoms with Crippen molar-refractivity contribution in [2.24, 2.45) is 0 Å². The molecule has 2 aromatic carbocycles. The van der Waals surface area contributed by atoms with E-state index in [1.54, 1.807) is 30.1 Å². The number of anilines is 1. The lowest BCUT2D eigenvalue weighted by atomic mass is 10.0. The van der Waals surface area contributed by atoms with Crippen LogP contribution in [-0.4, -0.2) is 12.8 Å². The summed E-state index contributed by atoms with van der Waals surface area (Å²) in [5, 5.41) is 0.632. The fraction of sp³-hybridized carbons (Fsp3) is 0.235. The third kappa shape index (κ3) is 3.24. The molecule has 2 nitrogen and oxygen atoms in total. The Morgan fingerprint density at radius 3 is 2.52 bits per heavy atom. The lowest BCUT2D eigenvalue weighted by Crippen LogP contribution is -2.24. The Kier molecular flexibility index (Phi) is 4.63. The fourth-order valence-corrected chi connectivity index (χ4v) is 2.54. The van der Waals surface area contributed by atoms with Crippen molar-refractivity contribution in [2.75, 3.05) is 11.9 Å². The summed E-state index contributed by atoms with van der Waals surface area (Å²) in [6, 6.07) is 11.9. The molecule has 0 aromatic heterocycles. The molecule has 0 amide bonds. The summed E-state index contributed by atoms with van der Waals surface area (Å²) in [5.41, 5.74) is 1.66. The minimum atomic E-state index is -0.404. The summed E-state index contributed by atoms with van der Waals surface area (Å²) in [6.45, 7) is 3.39. The van der Waals surface area contributed by atoms with Crippen molar-refractivity contribution in [1.29, 1.82) is 0 Å². The summed E-state index contributed by atoms with van der Waals surface area (Å²) < 4.78 is 14.2. The molecule has 0 N–H and O–H groups in total. The number of nitrogens with zero attached hydrogens (tertiary/aromatic N) is 1. The molecule has 110 valence electrons. The zero-order valence-electron chi connectivity index (χ0n) is 12.2. The molecule has 1 unspecified atom stereocenters. The van der Waals surface area contributed by atoms with Crippen LogP contribution in [-0.2, 0) is 0 Å². The molecular formula is C17H17ClFNO. The number of ketones is 1. The smallest absolute Gasteiger partial charge is 0.161 e. The normalized spacial score (nSPS) is 12.0. The molecule has 2 rings (SSSR count). The van der Waals surface area contributed by atoms with E-state index in [2.05, 4.69) is 0 Å². The molecule has 2 aromatic rings. The van der Waals surface area contributed by atoms with Gasteiger partial charge in [-0.15, -0.1) is 0 Å². The van der Waals surface area contributed by atoms with Crippen LogP contribution < -0.4 is 4.90 Å². The van der Waals surface area contributed by atoms with Gasteiger partial charge < -0.3 is 4.90 Å². The molecule has 0 radical (unpaired) electrons. The van der Waals surface area contributed by atoms with Crippen molar-refractivity contribution in [3.8, 4) is 0 Å². The molecule has 0 saturated carbocycles. The van der Waals surface area contributed by atoms with Gasteiger partial charge in [0.2, 0.25) is 0 Å². The van der Waals surface area contributed by atoms with E-state index in [9.17, 15) is 9.18 Å². The third-order valence-electron chi connectivity index (χ3n) is 3.63. The molecule has 0 spiro atoms. The second kappa shape index (κ2) is 6.27. The third-order valence-corrected chi connectivity index (χ3v) is 3.87. The van der Waals surface area contributed by atoms with E-state index in [1.165, 1.54) is 13.0 Å². The van der Waals surface area contributed by atoms with E-state index in [-0.39, 0.29) is 11.8 Å². The maximum atomic E-state index is 14.2. The summed E-state index contributed by atoms with van der Waals surface area (Å²) in [6.07, 6.45) is 0. The van der Waals surface area contributed by atoms with E-state index < -0.39 is 5.82 Å². The number of hydrogen-bond donors (Lipinski definition) is 0. The lowest BCUT2D eigenvalue weighted by Gasteiger charge is -2.29. The summed E-state index contributed by atoms with van der Waals surface area (Å²) >= 11 is 6.01. The molecule has 0 aliphatic rings. The highest BCUT2D eigenvalue weighted by Gasteiger charge is 2.20. The highest BCUT2D eigenvalue weighted by atomic mass is 35.5. The lowest BCUT2D eigenvalue weighted by molar-refractivity contribution is 0.101. The predicted molar refractivity (Wildman–Crippen MR) is 84.7 cm³/mol. The first-order chi connectivity index (χ1) is 9.91. The van der Waals surface area contributed by atoms with Crippen LogP contribution in [0, 0.1) is 5.82 Å². The molecule has 4 heteroatoms. The van der Waals surface area contributed by atoms with Gasteiger partial charge in [-0.25, -0.2) is 4.39 Å². The summed E-state index contributed by atoms with van der Waals surface area (Å²) in [7, 11) is 1.77. The minimum absolute atomic E-state index is 0.112. The van der Waals surface area contributed by atoms with Crippen molar-refractivity contribution < 1.29 is 9.18 Å². The first kappa shape index (κ1) is 15.5. The quantitative estimate of drug-likeness (QED) is 0.750. The molecule has 1 atom stereocenters. The van der Waals surface area contributed by atoms with Crippen LogP contribution in [0.2, 0.25) is 5.02 Å². The van der Waals surface area contributed by atoms with Gasteiger partial charge in [0, 0.05) is 17.6 Å². The van der Waals surface area contributed by atoms with Gasteiger partial charge in [-0.3, -0.25) is 4.79 Å². The van der Waals surface area contributed by atoms with Gasteiger partial charge >= 0.3 is 0 Å².